The van der Waals surface area contributed by atoms with Crippen molar-refractivity contribution in [2.45, 2.75) is 25.7 Å². The van der Waals surface area contributed by atoms with Crippen LogP contribution in [0.25, 0.3) is 0 Å². The van der Waals surface area contributed by atoms with Crippen molar-refractivity contribution >= 4 is 35.8 Å². The van der Waals surface area contributed by atoms with E-state index >= 15 is 0 Å². The number of carbonyl (C=O) groups excluding carboxylic acids is 2. The first-order valence-corrected chi connectivity index (χ1v) is 13.8. The van der Waals surface area contributed by atoms with Crippen LogP contribution in [0, 0.1) is 0 Å². The molecule has 4 N–H and O–H groups in total. The average molecular weight is 643 g/mol. The summed E-state index contributed by atoms with van der Waals surface area (Å²) in [6.07, 6.45) is -0.0794. The molecule has 0 spiro atoms. The summed E-state index contributed by atoms with van der Waals surface area (Å²) in [5, 5.41) is 38.0. The first-order valence-electron chi connectivity index (χ1n) is 13.8. The Hall–Kier alpha value is -6.50. The van der Waals surface area contributed by atoms with Gasteiger partial charge in [0.05, 0.1) is 11.1 Å². The fraction of sp³-hybridized carbons (Fsp3) is 0.118. The molecular formula is C34H26O13. The lowest BCUT2D eigenvalue weighted by Crippen LogP contribution is -2.37. The van der Waals surface area contributed by atoms with E-state index in [2.05, 4.69) is 0 Å². The van der Waals surface area contributed by atoms with Gasteiger partial charge in [0.15, 0.2) is 0 Å². The van der Waals surface area contributed by atoms with Crippen LogP contribution in [0.15, 0.2) is 84.9 Å². The van der Waals surface area contributed by atoms with Gasteiger partial charge in [-0.3, -0.25) is 9.59 Å². The highest BCUT2D eigenvalue weighted by Gasteiger charge is 2.40. The molecule has 13 nitrogen and oxygen atoms in total. The fourth-order valence-electron chi connectivity index (χ4n) is 4.68. The van der Waals surface area contributed by atoms with Gasteiger partial charge in [-0.15, -0.1) is 0 Å². The molecule has 0 saturated heterocycles. The number of esters is 2. The van der Waals surface area contributed by atoms with Crippen molar-refractivity contribution in [2.24, 2.45) is 0 Å². The van der Waals surface area contributed by atoms with Gasteiger partial charge in [-0.25, -0.2) is 19.2 Å². The van der Waals surface area contributed by atoms with Gasteiger partial charge in [0.25, 0.3) is 0 Å². The third kappa shape index (κ3) is 6.93. The second kappa shape index (κ2) is 13.6. The van der Waals surface area contributed by atoms with Gasteiger partial charge in [-0.05, 0) is 66.6 Å². The molecule has 0 radical (unpaired) electrons. The van der Waals surface area contributed by atoms with Crippen molar-refractivity contribution in [3.8, 4) is 23.0 Å². The first kappa shape index (κ1) is 33.4. The average Bonchev–Trinajstić information content (AvgIpc) is 3.04. The number of aromatic carboxylic acids is 4. The molecular weight excluding hydrogens is 616 g/mol. The van der Waals surface area contributed by atoms with E-state index in [4.69, 9.17) is 14.2 Å². The predicted octanol–water partition coefficient (Wildman–Crippen LogP) is 5.85. The Bertz CT molecular complexity index is 1770. The number of carboxylic acids is 4. The van der Waals surface area contributed by atoms with Crippen LogP contribution in [0.3, 0.4) is 0 Å². The van der Waals surface area contributed by atoms with E-state index in [0.29, 0.717) is 11.1 Å². The topological polar surface area (TPSA) is 211 Å². The first-order chi connectivity index (χ1) is 22.3. The smallest absolute Gasteiger partial charge is 0.340 e. The van der Waals surface area contributed by atoms with Crippen molar-refractivity contribution < 1.29 is 63.4 Å². The number of ether oxygens (including phenoxy) is 3. The van der Waals surface area contributed by atoms with E-state index in [-0.39, 0.29) is 29.4 Å². The second-order valence-corrected chi connectivity index (χ2v) is 10.1. The molecule has 0 aliphatic carbocycles. The van der Waals surface area contributed by atoms with E-state index < -0.39 is 63.5 Å². The molecule has 240 valence electrons. The summed E-state index contributed by atoms with van der Waals surface area (Å²) in [5.74, 6) is -7.84. The highest BCUT2D eigenvalue weighted by atomic mass is 16.6. The van der Waals surface area contributed by atoms with E-state index in [0.717, 1.165) is 12.1 Å². The normalized spacial score (nSPS) is 10.9. The number of rotatable bonds is 12. The number of carbonyl (C=O) groups is 6. The second-order valence-electron chi connectivity index (χ2n) is 10.1. The zero-order chi connectivity index (χ0) is 34.5. The Balaban J connectivity index is 1.70. The van der Waals surface area contributed by atoms with Crippen LogP contribution < -0.4 is 9.47 Å². The zero-order valence-electron chi connectivity index (χ0n) is 24.8. The summed E-state index contributed by atoms with van der Waals surface area (Å²) in [5.41, 5.74) is -2.99. The highest BCUT2D eigenvalue weighted by Crippen LogP contribution is 2.37. The van der Waals surface area contributed by atoms with E-state index in [1.807, 2.05) is 0 Å². The minimum absolute atomic E-state index is 0.0794. The Labute approximate surface area is 266 Å². The molecule has 0 aliphatic rings. The molecule has 0 amide bonds. The fourth-order valence-corrected chi connectivity index (χ4v) is 4.68. The molecule has 0 unspecified atom stereocenters. The molecule has 0 aromatic heterocycles. The molecule has 13 heteroatoms. The molecule has 0 atom stereocenters. The highest BCUT2D eigenvalue weighted by molar-refractivity contribution is 6.04. The van der Waals surface area contributed by atoms with Gasteiger partial charge in [0.2, 0.25) is 0 Å². The van der Waals surface area contributed by atoms with Crippen LogP contribution >= 0.6 is 0 Å². The molecule has 0 fully saturated rings. The van der Waals surface area contributed by atoms with Gasteiger partial charge in [-0.1, -0.05) is 43.3 Å². The molecule has 0 bridgehead atoms. The summed E-state index contributed by atoms with van der Waals surface area (Å²) >= 11 is 0. The van der Waals surface area contributed by atoms with Crippen molar-refractivity contribution in [2.75, 3.05) is 0 Å². The van der Waals surface area contributed by atoms with Crippen LogP contribution in [0.5, 0.6) is 23.0 Å². The SMILES string of the molecule is CCC(=O)OC(=O)C(C)(c1ccc(Oc2cccc(C(=O)O)c2C(=O)O)cc1)c1ccc(Oc2cccc(C(=O)O)c2C(=O)O)cc1. The number of carboxylic acid groups (broad SMARTS) is 4. The lowest BCUT2D eigenvalue weighted by molar-refractivity contribution is -0.162. The maximum absolute atomic E-state index is 13.5. The van der Waals surface area contributed by atoms with Crippen molar-refractivity contribution in [1.29, 1.82) is 0 Å². The number of hydrogen-bond acceptors (Lipinski definition) is 9. The quantitative estimate of drug-likeness (QED) is 0.106. The maximum atomic E-state index is 13.5. The maximum Gasteiger partial charge on any atom is 0.340 e. The third-order valence-electron chi connectivity index (χ3n) is 7.16. The van der Waals surface area contributed by atoms with E-state index in [1.165, 1.54) is 86.6 Å². The van der Waals surface area contributed by atoms with Gasteiger partial charge in [0, 0.05) is 6.42 Å². The summed E-state index contributed by atoms with van der Waals surface area (Å²) in [4.78, 5) is 72.3. The molecule has 4 rings (SSSR count). The largest absolute Gasteiger partial charge is 0.478 e. The lowest BCUT2D eigenvalue weighted by Gasteiger charge is -2.28. The lowest BCUT2D eigenvalue weighted by atomic mass is 9.76. The van der Waals surface area contributed by atoms with Gasteiger partial charge in [-0.2, -0.15) is 0 Å². The Morgan fingerprint density at radius 2 is 0.957 bits per heavy atom. The molecule has 0 heterocycles. The van der Waals surface area contributed by atoms with Gasteiger partial charge < -0.3 is 34.6 Å². The van der Waals surface area contributed by atoms with Crippen LogP contribution in [-0.2, 0) is 19.7 Å². The van der Waals surface area contributed by atoms with Gasteiger partial charge >= 0.3 is 35.8 Å². The molecule has 0 aliphatic heterocycles. The zero-order valence-corrected chi connectivity index (χ0v) is 24.8. The standard InChI is InChI=1S/C34H26O13/c1-3-26(35)47-33(44)34(2,18-10-14-20(15-11-18)45-24-8-4-6-22(29(36)37)27(24)31(40)41)19-12-16-21(17-13-19)46-25-9-5-7-23(30(38)39)28(25)32(42)43/h4-17H,3H2,1-2H3,(H,36,37)(H,38,39)(H,40,41)(H,42,43). The summed E-state index contributed by atoms with van der Waals surface area (Å²) in [6, 6.07) is 19.1. The molecule has 47 heavy (non-hydrogen) atoms. The summed E-state index contributed by atoms with van der Waals surface area (Å²) < 4.78 is 16.5. The number of benzene rings is 4. The van der Waals surface area contributed by atoms with Crippen LogP contribution in [0.2, 0.25) is 0 Å². The molecule has 4 aromatic rings. The van der Waals surface area contributed by atoms with Crippen molar-refractivity contribution in [3.63, 3.8) is 0 Å². The van der Waals surface area contributed by atoms with Gasteiger partial charge in [0.1, 0.15) is 39.5 Å². The Morgan fingerprint density at radius 3 is 1.28 bits per heavy atom. The van der Waals surface area contributed by atoms with E-state index in [1.54, 1.807) is 0 Å². The number of hydrogen-bond donors (Lipinski definition) is 4. The van der Waals surface area contributed by atoms with Crippen molar-refractivity contribution in [3.05, 3.63) is 118 Å². The summed E-state index contributed by atoms with van der Waals surface area (Å²) in [7, 11) is 0. The van der Waals surface area contributed by atoms with Crippen LogP contribution in [0.1, 0.15) is 72.8 Å². The predicted molar refractivity (Wildman–Crippen MR) is 162 cm³/mol. The molecule has 4 aromatic carbocycles. The summed E-state index contributed by atoms with van der Waals surface area (Å²) in [6.45, 7) is 3.02. The minimum Gasteiger partial charge on any atom is -0.478 e. The molecule has 0 saturated carbocycles. The van der Waals surface area contributed by atoms with Crippen LogP contribution in [0.4, 0.5) is 0 Å². The Kier molecular flexibility index (Phi) is 9.70. The minimum atomic E-state index is -1.60. The Morgan fingerprint density at radius 1 is 0.574 bits per heavy atom. The van der Waals surface area contributed by atoms with Crippen molar-refractivity contribution in [1.82, 2.24) is 0 Å². The van der Waals surface area contributed by atoms with Crippen LogP contribution in [-0.4, -0.2) is 56.2 Å². The third-order valence-corrected chi connectivity index (χ3v) is 7.16. The monoisotopic (exact) mass is 642 g/mol. The van der Waals surface area contributed by atoms with E-state index in [9.17, 15) is 49.2 Å².